The van der Waals surface area contributed by atoms with Gasteiger partial charge in [-0.15, -0.1) is 10.2 Å². The Hall–Kier alpha value is -3.46. The summed E-state index contributed by atoms with van der Waals surface area (Å²) in [4.78, 5) is 12.7. The van der Waals surface area contributed by atoms with Crippen molar-refractivity contribution in [2.45, 2.75) is 5.16 Å². The second kappa shape index (κ2) is 7.28. The number of aromatic nitrogens is 3. The third-order valence-electron chi connectivity index (χ3n) is 4.03. The number of nitrogens with zero attached hydrogens (tertiary/aromatic N) is 4. The van der Waals surface area contributed by atoms with Crippen LogP contribution in [0.5, 0.6) is 11.5 Å². The highest BCUT2D eigenvalue weighted by Gasteiger charge is 2.20. The topological polar surface area (TPSA) is 89.6 Å². The van der Waals surface area contributed by atoms with Crippen LogP contribution in [0.1, 0.15) is 10.4 Å². The number of phenolic OH excluding ortho intramolecular Hbond substituents is 1. The number of methoxy groups -OCH3 is 1. The van der Waals surface area contributed by atoms with E-state index >= 15 is 0 Å². The van der Waals surface area contributed by atoms with Gasteiger partial charge in [-0.3, -0.25) is 4.79 Å². The van der Waals surface area contributed by atoms with Gasteiger partial charge in [0.05, 0.1) is 18.9 Å². The van der Waals surface area contributed by atoms with E-state index in [1.54, 1.807) is 24.7 Å². The number of ketones is 1. The number of carbonyl (C=O) groups is 1. The number of carbonyl (C=O) groups excluding carboxylic acids is 1. The minimum absolute atomic E-state index is 0.133. The van der Waals surface area contributed by atoms with Gasteiger partial charge in [0.25, 0.3) is 0 Å². The van der Waals surface area contributed by atoms with Gasteiger partial charge >= 0.3 is 0 Å². The van der Waals surface area contributed by atoms with Crippen LogP contribution in [-0.2, 0) is 0 Å². The van der Waals surface area contributed by atoms with Crippen molar-refractivity contribution in [2.24, 2.45) is 5.10 Å². The van der Waals surface area contributed by atoms with E-state index < -0.39 is 11.6 Å². The van der Waals surface area contributed by atoms with Gasteiger partial charge in [-0.1, -0.05) is 11.8 Å². The summed E-state index contributed by atoms with van der Waals surface area (Å²) in [6, 6.07) is 10.5. The number of halogens is 1. The molecule has 0 fully saturated rings. The lowest BCUT2D eigenvalue weighted by Gasteiger charge is -2.04. The number of phenols is 1. The summed E-state index contributed by atoms with van der Waals surface area (Å²) in [5.41, 5.74) is 0.832. The lowest BCUT2D eigenvalue weighted by Crippen LogP contribution is -2.06. The number of fused-ring (bicyclic) bond motifs is 1. The molecule has 0 spiro atoms. The number of hydrogen-bond acceptors (Lipinski definition) is 7. The number of Topliss-reactive ketones (excluding diaryl/α,β-unsaturated/α-hetero) is 1. The summed E-state index contributed by atoms with van der Waals surface area (Å²) in [5, 5.41) is 24.4. The quantitative estimate of drug-likeness (QED) is 0.679. The van der Waals surface area contributed by atoms with Crippen molar-refractivity contribution in [1.82, 2.24) is 14.9 Å². The lowest BCUT2D eigenvalue weighted by atomic mass is 10.0. The van der Waals surface area contributed by atoms with E-state index in [1.165, 1.54) is 10.9 Å². The predicted octanol–water partition coefficient (Wildman–Crippen LogP) is 3.50. The van der Waals surface area contributed by atoms with Crippen molar-refractivity contribution >= 4 is 23.8 Å². The maximum absolute atomic E-state index is 13.5. The molecule has 1 aromatic heterocycles. The molecule has 0 saturated carbocycles. The van der Waals surface area contributed by atoms with Gasteiger partial charge in [0.2, 0.25) is 5.16 Å². The van der Waals surface area contributed by atoms with Crippen LogP contribution in [-0.4, -0.2) is 39.1 Å². The van der Waals surface area contributed by atoms with E-state index in [0.717, 1.165) is 35.5 Å². The Balaban J connectivity index is 1.66. The molecule has 0 bridgehead atoms. The van der Waals surface area contributed by atoms with Crippen LogP contribution in [0.25, 0.3) is 11.4 Å². The first kappa shape index (κ1) is 17.9. The zero-order valence-electron chi connectivity index (χ0n) is 14.5. The Labute approximate surface area is 163 Å². The van der Waals surface area contributed by atoms with E-state index in [4.69, 9.17) is 4.74 Å². The number of ether oxygens (including phenoxy) is 1. The molecular weight excluding hydrogens is 383 g/mol. The minimum atomic E-state index is -0.612. The summed E-state index contributed by atoms with van der Waals surface area (Å²) in [5.74, 6) is -0.246. The molecule has 0 aliphatic carbocycles. The Kier molecular flexibility index (Phi) is 4.66. The maximum atomic E-state index is 13.5. The standard InChI is InChI=1S/C19H13FN4O3S/c1-27-14-5-2-11(3-6-14)18-22-23-19-24(18)21-9-12(10-28-19)17(26)15-8-13(20)4-7-16(15)25/h2-10,25H,1H3. The first-order valence-electron chi connectivity index (χ1n) is 8.11. The second-order valence-electron chi connectivity index (χ2n) is 5.77. The summed E-state index contributed by atoms with van der Waals surface area (Å²) in [6.45, 7) is 0. The Bertz CT molecular complexity index is 1120. The highest BCUT2D eigenvalue weighted by atomic mass is 32.2. The molecule has 0 atom stereocenters. The number of hydrogen-bond donors (Lipinski definition) is 1. The van der Waals surface area contributed by atoms with Crippen LogP contribution in [0.4, 0.5) is 4.39 Å². The van der Waals surface area contributed by atoms with Gasteiger partial charge in [-0.05, 0) is 47.9 Å². The van der Waals surface area contributed by atoms with E-state index in [1.807, 2.05) is 12.1 Å². The molecular formula is C19H13FN4O3S. The molecule has 9 heteroatoms. The number of aromatic hydroxyl groups is 1. The largest absolute Gasteiger partial charge is 0.507 e. The van der Waals surface area contributed by atoms with Gasteiger partial charge in [0.1, 0.15) is 17.3 Å². The van der Waals surface area contributed by atoms with Crippen molar-refractivity contribution in [3.8, 4) is 22.9 Å². The van der Waals surface area contributed by atoms with Crippen LogP contribution in [0.2, 0.25) is 0 Å². The van der Waals surface area contributed by atoms with Crippen molar-refractivity contribution in [3.05, 3.63) is 64.8 Å². The normalized spacial score (nSPS) is 12.9. The fourth-order valence-corrected chi connectivity index (χ4v) is 3.31. The average molecular weight is 396 g/mol. The van der Waals surface area contributed by atoms with Crippen molar-refractivity contribution < 1.29 is 19.0 Å². The Morgan fingerprint density at radius 2 is 1.96 bits per heavy atom. The van der Waals surface area contributed by atoms with Crippen LogP contribution >= 0.6 is 11.8 Å². The number of thioether (sulfide) groups is 1. The van der Waals surface area contributed by atoms with E-state index in [0.29, 0.717) is 16.7 Å². The van der Waals surface area contributed by atoms with E-state index in [9.17, 15) is 14.3 Å². The Morgan fingerprint density at radius 3 is 2.71 bits per heavy atom. The maximum Gasteiger partial charge on any atom is 0.216 e. The predicted molar refractivity (Wildman–Crippen MR) is 102 cm³/mol. The minimum Gasteiger partial charge on any atom is -0.507 e. The molecule has 2 heterocycles. The fourth-order valence-electron chi connectivity index (χ4n) is 2.59. The highest BCUT2D eigenvalue weighted by Crippen LogP contribution is 2.29. The van der Waals surface area contributed by atoms with Gasteiger partial charge in [-0.25, -0.2) is 4.39 Å². The van der Waals surface area contributed by atoms with Gasteiger partial charge in [-0.2, -0.15) is 9.78 Å². The summed E-state index contributed by atoms with van der Waals surface area (Å²) < 4.78 is 20.1. The summed E-state index contributed by atoms with van der Waals surface area (Å²) >= 11 is 1.16. The second-order valence-corrected chi connectivity index (χ2v) is 6.61. The number of rotatable bonds is 4. The molecule has 1 N–H and O–H groups in total. The summed E-state index contributed by atoms with van der Waals surface area (Å²) in [6.07, 6.45) is 1.34. The summed E-state index contributed by atoms with van der Waals surface area (Å²) in [7, 11) is 1.58. The van der Waals surface area contributed by atoms with Crippen LogP contribution < -0.4 is 4.74 Å². The highest BCUT2D eigenvalue weighted by molar-refractivity contribution is 8.02. The molecule has 7 nitrogen and oxygen atoms in total. The molecule has 0 saturated heterocycles. The fraction of sp³-hybridized carbons (Fsp3) is 0.0526. The monoisotopic (exact) mass is 396 g/mol. The smallest absolute Gasteiger partial charge is 0.216 e. The first-order valence-corrected chi connectivity index (χ1v) is 8.99. The molecule has 2 aromatic carbocycles. The molecule has 4 rings (SSSR count). The SMILES string of the molecule is COc1ccc(-c2nnc3n2N=CC(C(=O)c2cc(F)ccc2O)=CS3)cc1. The lowest BCUT2D eigenvalue weighted by molar-refractivity contribution is 0.103. The molecule has 0 unspecified atom stereocenters. The van der Waals surface area contributed by atoms with Gasteiger partial charge in [0, 0.05) is 11.1 Å². The number of allylic oxidation sites excluding steroid dienone is 1. The average Bonchev–Trinajstić information content (AvgIpc) is 3.00. The molecule has 0 amide bonds. The third kappa shape index (κ3) is 3.27. The number of benzene rings is 2. The van der Waals surface area contributed by atoms with Crippen molar-refractivity contribution in [3.63, 3.8) is 0 Å². The van der Waals surface area contributed by atoms with Crippen LogP contribution in [0.3, 0.4) is 0 Å². The molecule has 0 radical (unpaired) electrons. The zero-order chi connectivity index (χ0) is 19.7. The molecule has 1 aliphatic rings. The molecule has 28 heavy (non-hydrogen) atoms. The molecule has 3 aromatic rings. The Morgan fingerprint density at radius 1 is 1.18 bits per heavy atom. The van der Waals surface area contributed by atoms with Gasteiger partial charge in [0.15, 0.2) is 11.6 Å². The third-order valence-corrected chi connectivity index (χ3v) is 4.87. The van der Waals surface area contributed by atoms with Gasteiger partial charge < -0.3 is 9.84 Å². The van der Waals surface area contributed by atoms with Crippen molar-refractivity contribution in [2.75, 3.05) is 7.11 Å². The first-order chi connectivity index (χ1) is 13.6. The van der Waals surface area contributed by atoms with E-state index in [2.05, 4.69) is 15.3 Å². The van der Waals surface area contributed by atoms with Crippen LogP contribution in [0, 0.1) is 5.82 Å². The molecule has 1 aliphatic heterocycles. The van der Waals surface area contributed by atoms with Crippen molar-refractivity contribution in [1.29, 1.82) is 0 Å². The van der Waals surface area contributed by atoms with Crippen LogP contribution in [0.15, 0.2) is 63.7 Å². The molecule has 140 valence electrons. The van der Waals surface area contributed by atoms with E-state index in [-0.39, 0.29) is 16.9 Å². The zero-order valence-corrected chi connectivity index (χ0v) is 15.4.